The largest absolute Gasteiger partial charge is 0.476 e. The molecule has 3 aromatic rings. The van der Waals surface area contributed by atoms with E-state index in [0.29, 0.717) is 16.4 Å². The summed E-state index contributed by atoms with van der Waals surface area (Å²) >= 11 is 1.19. The Hall–Kier alpha value is -2.94. The molecule has 0 aromatic carbocycles. The van der Waals surface area contributed by atoms with E-state index in [1.54, 1.807) is 11.7 Å². The zero-order valence-corrected chi connectivity index (χ0v) is 14.8. The minimum absolute atomic E-state index is 0.0186. The number of carboxylic acids is 1. The zero-order chi connectivity index (χ0) is 18.1. The number of carbonyl (C=O) groups excluding carboxylic acids is 1. The highest BCUT2D eigenvalue weighted by Crippen LogP contribution is 2.20. The summed E-state index contributed by atoms with van der Waals surface area (Å²) in [6, 6.07) is 3.96. The van der Waals surface area contributed by atoms with E-state index >= 15 is 0 Å². The topological polar surface area (TPSA) is 102 Å². The molecule has 3 aromatic heterocycles. The average molecular weight is 359 g/mol. The SMILES string of the molecule is Cc1ccc(C)n1-c1c(C(=O)NCc2nc(C(=O)O)cs2)cnn1C. The molecule has 8 nitrogen and oxygen atoms in total. The van der Waals surface area contributed by atoms with Crippen LogP contribution in [0.5, 0.6) is 0 Å². The Labute approximate surface area is 147 Å². The van der Waals surface area contributed by atoms with Gasteiger partial charge in [-0.15, -0.1) is 11.3 Å². The lowest BCUT2D eigenvalue weighted by atomic mass is 10.3. The molecule has 3 heterocycles. The van der Waals surface area contributed by atoms with Crippen molar-refractivity contribution in [2.24, 2.45) is 7.05 Å². The number of hydrogen-bond donors (Lipinski definition) is 2. The first kappa shape index (κ1) is 16.9. The van der Waals surface area contributed by atoms with E-state index in [2.05, 4.69) is 15.4 Å². The number of amides is 1. The number of thiazole rings is 1. The van der Waals surface area contributed by atoms with E-state index in [1.165, 1.54) is 22.9 Å². The predicted octanol–water partition coefficient (Wildman–Crippen LogP) is 1.91. The quantitative estimate of drug-likeness (QED) is 0.724. The van der Waals surface area contributed by atoms with Crippen molar-refractivity contribution in [3.63, 3.8) is 0 Å². The van der Waals surface area contributed by atoms with E-state index < -0.39 is 5.97 Å². The fourth-order valence-corrected chi connectivity index (χ4v) is 3.31. The number of aryl methyl sites for hydroxylation is 3. The molecule has 0 aliphatic heterocycles. The number of nitrogens with one attached hydrogen (secondary N) is 1. The first-order valence-electron chi connectivity index (χ1n) is 7.51. The number of rotatable bonds is 5. The van der Waals surface area contributed by atoms with Gasteiger partial charge < -0.3 is 15.0 Å². The Bertz CT molecular complexity index is 934. The lowest BCUT2D eigenvalue weighted by Gasteiger charge is -2.12. The molecule has 3 rings (SSSR count). The number of aromatic carboxylic acids is 1. The Morgan fingerprint density at radius 2 is 1.96 bits per heavy atom. The van der Waals surface area contributed by atoms with Crippen LogP contribution < -0.4 is 5.32 Å². The van der Waals surface area contributed by atoms with Crippen molar-refractivity contribution in [2.45, 2.75) is 20.4 Å². The highest BCUT2D eigenvalue weighted by molar-refractivity contribution is 7.09. The molecule has 0 radical (unpaired) electrons. The summed E-state index contributed by atoms with van der Waals surface area (Å²) in [4.78, 5) is 27.4. The monoisotopic (exact) mass is 359 g/mol. The zero-order valence-electron chi connectivity index (χ0n) is 14.0. The Morgan fingerprint density at radius 3 is 2.56 bits per heavy atom. The van der Waals surface area contributed by atoms with Crippen LogP contribution in [0.1, 0.15) is 37.2 Å². The van der Waals surface area contributed by atoms with Crippen LogP contribution in [0.4, 0.5) is 0 Å². The Kier molecular flexibility index (Phi) is 4.41. The third-order valence-electron chi connectivity index (χ3n) is 3.81. The number of hydrogen-bond acceptors (Lipinski definition) is 5. The molecule has 9 heteroatoms. The van der Waals surface area contributed by atoms with Crippen LogP contribution in [0.15, 0.2) is 23.7 Å². The van der Waals surface area contributed by atoms with Crippen LogP contribution in [-0.2, 0) is 13.6 Å². The van der Waals surface area contributed by atoms with E-state index in [-0.39, 0.29) is 18.1 Å². The molecule has 130 valence electrons. The van der Waals surface area contributed by atoms with E-state index in [4.69, 9.17) is 5.11 Å². The Balaban J connectivity index is 1.82. The van der Waals surface area contributed by atoms with Crippen LogP contribution >= 0.6 is 11.3 Å². The maximum Gasteiger partial charge on any atom is 0.355 e. The van der Waals surface area contributed by atoms with Gasteiger partial charge in [0.05, 0.1) is 12.7 Å². The van der Waals surface area contributed by atoms with Gasteiger partial charge in [-0.3, -0.25) is 9.48 Å². The second-order valence-electron chi connectivity index (χ2n) is 5.57. The van der Waals surface area contributed by atoms with Gasteiger partial charge in [-0.2, -0.15) is 5.10 Å². The molecule has 25 heavy (non-hydrogen) atoms. The molecule has 0 atom stereocenters. The summed E-state index contributed by atoms with van der Waals surface area (Å²) in [5.74, 6) is -0.688. The molecule has 0 aliphatic carbocycles. The minimum Gasteiger partial charge on any atom is -0.476 e. The van der Waals surface area contributed by atoms with Crippen molar-refractivity contribution < 1.29 is 14.7 Å². The Morgan fingerprint density at radius 1 is 1.28 bits per heavy atom. The molecule has 0 spiro atoms. The van der Waals surface area contributed by atoms with Gasteiger partial charge in [0.2, 0.25) is 0 Å². The second kappa shape index (κ2) is 6.52. The van der Waals surface area contributed by atoms with Gasteiger partial charge in [0, 0.05) is 23.8 Å². The third-order valence-corrected chi connectivity index (χ3v) is 4.65. The predicted molar refractivity (Wildman–Crippen MR) is 92.3 cm³/mol. The minimum atomic E-state index is -1.08. The first-order valence-corrected chi connectivity index (χ1v) is 8.39. The normalized spacial score (nSPS) is 10.8. The van der Waals surface area contributed by atoms with Gasteiger partial charge in [0.15, 0.2) is 5.69 Å². The van der Waals surface area contributed by atoms with Crippen molar-refractivity contribution in [2.75, 3.05) is 0 Å². The fourth-order valence-electron chi connectivity index (χ4n) is 2.60. The van der Waals surface area contributed by atoms with Gasteiger partial charge in [0.25, 0.3) is 5.91 Å². The molecule has 0 aliphatic rings. The summed E-state index contributed by atoms with van der Waals surface area (Å²) in [6.45, 7) is 4.09. The van der Waals surface area contributed by atoms with Crippen molar-refractivity contribution in [1.29, 1.82) is 0 Å². The number of aromatic nitrogens is 4. The van der Waals surface area contributed by atoms with E-state index in [9.17, 15) is 9.59 Å². The highest BCUT2D eigenvalue weighted by atomic mass is 32.1. The van der Waals surface area contributed by atoms with E-state index in [1.807, 2.05) is 30.5 Å². The van der Waals surface area contributed by atoms with Crippen molar-refractivity contribution in [3.8, 4) is 5.82 Å². The van der Waals surface area contributed by atoms with Crippen molar-refractivity contribution in [1.82, 2.24) is 24.6 Å². The maximum absolute atomic E-state index is 12.6. The fraction of sp³-hybridized carbons (Fsp3) is 0.250. The summed E-state index contributed by atoms with van der Waals surface area (Å²) < 4.78 is 3.62. The van der Waals surface area contributed by atoms with Crippen LogP contribution in [0.2, 0.25) is 0 Å². The second-order valence-corrected chi connectivity index (χ2v) is 6.51. The molecule has 1 amide bonds. The van der Waals surface area contributed by atoms with Crippen LogP contribution in [0.3, 0.4) is 0 Å². The number of nitrogens with zero attached hydrogens (tertiary/aromatic N) is 4. The molecule has 0 saturated carbocycles. The standard InChI is InChI=1S/C16H17N5O3S/c1-9-4-5-10(2)21(9)15-11(6-18-20(15)3)14(22)17-7-13-19-12(8-25-13)16(23)24/h4-6,8H,7H2,1-3H3,(H,17,22)(H,23,24). The van der Waals surface area contributed by atoms with E-state index in [0.717, 1.165) is 11.4 Å². The summed E-state index contributed by atoms with van der Waals surface area (Å²) in [7, 11) is 1.78. The molecular weight excluding hydrogens is 342 g/mol. The van der Waals surface area contributed by atoms with Crippen molar-refractivity contribution in [3.05, 3.63) is 51.4 Å². The average Bonchev–Trinajstić information content (AvgIpc) is 3.25. The molecule has 0 fully saturated rings. The smallest absolute Gasteiger partial charge is 0.355 e. The molecule has 0 saturated heterocycles. The van der Waals surface area contributed by atoms with Gasteiger partial charge in [-0.25, -0.2) is 9.78 Å². The van der Waals surface area contributed by atoms with Crippen LogP contribution in [0, 0.1) is 13.8 Å². The first-order chi connectivity index (χ1) is 11.9. The molecular formula is C16H17N5O3S. The van der Waals surface area contributed by atoms with Gasteiger partial charge in [-0.05, 0) is 26.0 Å². The third kappa shape index (κ3) is 3.18. The summed E-state index contributed by atoms with van der Waals surface area (Å²) in [6.07, 6.45) is 1.52. The van der Waals surface area contributed by atoms with Gasteiger partial charge in [-0.1, -0.05) is 0 Å². The lowest BCUT2D eigenvalue weighted by Crippen LogP contribution is -2.24. The maximum atomic E-state index is 12.6. The summed E-state index contributed by atoms with van der Waals surface area (Å²) in [5, 5.41) is 17.8. The van der Waals surface area contributed by atoms with Gasteiger partial charge in [0.1, 0.15) is 16.4 Å². The number of carbonyl (C=O) groups is 2. The highest BCUT2D eigenvalue weighted by Gasteiger charge is 2.20. The van der Waals surface area contributed by atoms with Gasteiger partial charge >= 0.3 is 5.97 Å². The van der Waals surface area contributed by atoms with Crippen molar-refractivity contribution >= 4 is 23.2 Å². The molecule has 2 N–H and O–H groups in total. The number of carboxylic acid groups (broad SMARTS) is 1. The van der Waals surface area contributed by atoms with Crippen LogP contribution in [-0.4, -0.2) is 36.3 Å². The molecule has 0 bridgehead atoms. The molecule has 0 unspecified atom stereocenters. The van der Waals surface area contributed by atoms with Crippen LogP contribution in [0.25, 0.3) is 5.82 Å². The summed E-state index contributed by atoms with van der Waals surface area (Å²) in [5.41, 5.74) is 2.43. The lowest BCUT2D eigenvalue weighted by molar-refractivity contribution is 0.0691.